The molecule has 0 unspecified atom stereocenters. The molecule has 0 radical (unpaired) electrons. The van der Waals surface area contributed by atoms with Gasteiger partial charge in [-0.2, -0.15) is 0 Å². The fourth-order valence-electron chi connectivity index (χ4n) is 2.29. The molecule has 1 aliphatic rings. The Morgan fingerprint density at radius 2 is 2.00 bits per heavy atom. The Balaban J connectivity index is 1.89. The predicted molar refractivity (Wildman–Crippen MR) is 72.3 cm³/mol. The van der Waals surface area contributed by atoms with Crippen molar-refractivity contribution in [3.63, 3.8) is 0 Å². The van der Waals surface area contributed by atoms with E-state index in [4.69, 9.17) is 10.0 Å². The minimum atomic E-state index is -1.72. The summed E-state index contributed by atoms with van der Waals surface area (Å²) in [5, 5.41) is 18.2. The van der Waals surface area contributed by atoms with Gasteiger partial charge in [0.2, 0.25) is 0 Å². The zero-order valence-electron chi connectivity index (χ0n) is 10.7. The highest BCUT2D eigenvalue weighted by Crippen LogP contribution is 2.33. The highest BCUT2D eigenvalue weighted by molar-refractivity contribution is 6.58. The molecule has 1 aromatic heterocycles. The maximum absolute atomic E-state index is 13.4. The van der Waals surface area contributed by atoms with Gasteiger partial charge in [0, 0.05) is 18.4 Å². The van der Waals surface area contributed by atoms with Gasteiger partial charge >= 0.3 is 12.8 Å². The quantitative estimate of drug-likeness (QED) is 0.763. The summed E-state index contributed by atoms with van der Waals surface area (Å²) in [6.07, 6.45) is 5.44. The minimum Gasteiger partial charge on any atom is -0.423 e. The van der Waals surface area contributed by atoms with E-state index >= 15 is 0 Å². The van der Waals surface area contributed by atoms with Crippen molar-refractivity contribution in [2.75, 3.05) is 0 Å². The molecule has 1 aromatic carbocycles. The topological polar surface area (TPSA) is 67.4 Å². The summed E-state index contributed by atoms with van der Waals surface area (Å²) in [7, 11) is -1.72. The first kappa shape index (κ1) is 13.1. The van der Waals surface area contributed by atoms with Crippen LogP contribution in [0.25, 0.3) is 0 Å². The summed E-state index contributed by atoms with van der Waals surface area (Å²) < 4.78 is 16.6. The van der Waals surface area contributed by atoms with E-state index in [9.17, 15) is 9.18 Å². The van der Waals surface area contributed by atoms with Gasteiger partial charge in [0.05, 0.1) is 6.54 Å². The molecule has 0 aliphatic heterocycles. The van der Waals surface area contributed by atoms with E-state index in [-0.39, 0.29) is 17.7 Å². The number of hydrogen-bond acceptors (Lipinski definition) is 3. The third-order valence-electron chi connectivity index (χ3n) is 3.45. The van der Waals surface area contributed by atoms with Crippen molar-refractivity contribution >= 4 is 12.6 Å². The van der Waals surface area contributed by atoms with Crippen LogP contribution in [-0.2, 0) is 6.54 Å². The molecule has 0 saturated heterocycles. The highest BCUT2D eigenvalue weighted by atomic mass is 19.1. The fourth-order valence-corrected chi connectivity index (χ4v) is 2.29. The van der Waals surface area contributed by atoms with Crippen LogP contribution in [-0.4, -0.2) is 26.3 Å². The van der Waals surface area contributed by atoms with Gasteiger partial charge in [0.25, 0.3) is 0 Å². The predicted octanol–water partition coefficient (Wildman–Crippen LogP) is -0.148. The summed E-state index contributed by atoms with van der Waals surface area (Å²) in [6, 6.07) is 4.12. The van der Waals surface area contributed by atoms with Gasteiger partial charge < -0.3 is 10.0 Å². The molecule has 0 amide bonds. The first-order valence-corrected chi connectivity index (χ1v) is 6.47. The van der Waals surface area contributed by atoms with E-state index in [0.717, 1.165) is 18.9 Å². The lowest BCUT2D eigenvalue weighted by molar-refractivity contribution is 0.425. The van der Waals surface area contributed by atoms with Gasteiger partial charge in [-0.15, -0.1) is 0 Å². The van der Waals surface area contributed by atoms with E-state index in [1.165, 1.54) is 16.7 Å². The Morgan fingerprint density at radius 1 is 1.25 bits per heavy atom. The lowest BCUT2D eigenvalue weighted by Crippen LogP contribution is -2.31. The van der Waals surface area contributed by atoms with Crippen molar-refractivity contribution in [3.05, 3.63) is 52.5 Å². The van der Waals surface area contributed by atoms with Crippen LogP contribution in [0.5, 0.6) is 0 Å². The Bertz CT molecular complexity index is 691. The second kappa shape index (κ2) is 4.92. The molecular weight excluding hydrogens is 262 g/mol. The number of hydrogen-bond donors (Lipinski definition) is 2. The Morgan fingerprint density at radius 3 is 2.65 bits per heavy atom. The van der Waals surface area contributed by atoms with E-state index in [2.05, 4.69) is 0 Å². The highest BCUT2D eigenvalue weighted by Gasteiger charge is 2.25. The fraction of sp³-hybridized carbons (Fsp3) is 0.308. The summed E-state index contributed by atoms with van der Waals surface area (Å²) in [6.45, 7) is 0.204. The van der Waals surface area contributed by atoms with Gasteiger partial charge in [-0.1, -0.05) is 6.07 Å². The molecule has 20 heavy (non-hydrogen) atoms. The maximum atomic E-state index is 13.4. The summed E-state index contributed by atoms with van der Waals surface area (Å²) >= 11 is 0. The SMILES string of the molecule is O=c1n(Cc2cc(F)cc(B(O)O)c2)ccn1C1CC1. The second-order valence-corrected chi connectivity index (χ2v) is 5.11. The summed E-state index contributed by atoms with van der Waals surface area (Å²) in [5.41, 5.74) is 0.473. The van der Waals surface area contributed by atoms with Crippen molar-refractivity contribution in [2.45, 2.75) is 25.4 Å². The smallest absolute Gasteiger partial charge is 0.423 e. The second-order valence-electron chi connectivity index (χ2n) is 5.11. The number of benzene rings is 1. The number of halogens is 1. The lowest BCUT2D eigenvalue weighted by atomic mass is 9.79. The number of rotatable bonds is 4. The molecular formula is C13H14BFN2O3. The molecule has 0 spiro atoms. The average molecular weight is 276 g/mol. The third kappa shape index (κ3) is 2.55. The molecule has 1 heterocycles. The van der Waals surface area contributed by atoms with Crippen molar-refractivity contribution in [1.82, 2.24) is 9.13 Å². The van der Waals surface area contributed by atoms with Crippen LogP contribution >= 0.6 is 0 Å². The molecule has 3 rings (SSSR count). The Hall–Kier alpha value is -1.86. The molecule has 0 atom stereocenters. The zero-order chi connectivity index (χ0) is 14.3. The molecule has 2 N–H and O–H groups in total. The van der Waals surface area contributed by atoms with Crippen LogP contribution in [0.1, 0.15) is 24.4 Å². The van der Waals surface area contributed by atoms with Crippen molar-refractivity contribution in [2.24, 2.45) is 0 Å². The molecule has 0 bridgehead atoms. The van der Waals surface area contributed by atoms with Crippen LogP contribution in [0.15, 0.2) is 35.4 Å². The molecule has 104 valence electrons. The molecule has 2 aromatic rings. The van der Waals surface area contributed by atoms with Gasteiger partial charge in [-0.25, -0.2) is 9.18 Å². The monoisotopic (exact) mass is 276 g/mol. The van der Waals surface area contributed by atoms with Crippen LogP contribution in [0, 0.1) is 5.82 Å². The van der Waals surface area contributed by atoms with Gasteiger partial charge in [-0.3, -0.25) is 9.13 Å². The van der Waals surface area contributed by atoms with Crippen molar-refractivity contribution in [3.8, 4) is 0 Å². The zero-order valence-corrected chi connectivity index (χ0v) is 10.7. The van der Waals surface area contributed by atoms with E-state index in [1.54, 1.807) is 17.0 Å². The molecule has 7 heteroatoms. The van der Waals surface area contributed by atoms with Gasteiger partial charge in [-0.05, 0) is 36.0 Å². The molecule has 1 saturated carbocycles. The van der Waals surface area contributed by atoms with E-state index in [0.29, 0.717) is 11.6 Å². The maximum Gasteiger partial charge on any atom is 0.488 e. The largest absolute Gasteiger partial charge is 0.488 e. The van der Waals surface area contributed by atoms with Crippen LogP contribution < -0.4 is 11.2 Å². The van der Waals surface area contributed by atoms with Gasteiger partial charge in [0.15, 0.2) is 0 Å². The van der Waals surface area contributed by atoms with Crippen LogP contribution in [0.4, 0.5) is 4.39 Å². The molecule has 1 aliphatic carbocycles. The van der Waals surface area contributed by atoms with E-state index < -0.39 is 12.9 Å². The molecule has 1 fully saturated rings. The van der Waals surface area contributed by atoms with Crippen molar-refractivity contribution in [1.29, 1.82) is 0 Å². The van der Waals surface area contributed by atoms with Crippen LogP contribution in [0.3, 0.4) is 0 Å². The normalized spacial score (nSPS) is 14.6. The summed E-state index contributed by atoms with van der Waals surface area (Å²) in [4.78, 5) is 12.1. The number of imidazole rings is 1. The Labute approximate surface area is 115 Å². The van der Waals surface area contributed by atoms with E-state index in [1.807, 2.05) is 0 Å². The van der Waals surface area contributed by atoms with Crippen molar-refractivity contribution < 1.29 is 14.4 Å². The molecule has 5 nitrogen and oxygen atoms in total. The Kier molecular flexibility index (Phi) is 3.23. The van der Waals surface area contributed by atoms with Gasteiger partial charge in [0.1, 0.15) is 5.82 Å². The number of aromatic nitrogens is 2. The summed E-state index contributed by atoms with van der Waals surface area (Å²) in [5.74, 6) is -0.555. The first-order valence-electron chi connectivity index (χ1n) is 6.47. The number of nitrogens with zero attached hydrogens (tertiary/aromatic N) is 2. The standard InChI is InChI=1S/C13H14BFN2O3/c15-11-6-9(5-10(7-11)14(19)20)8-16-3-4-17(13(16)18)12-1-2-12/h3-7,12,19-20H,1-2,8H2. The average Bonchev–Trinajstić information content (AvgIpc) is 3.16. The first-order chi connectivity index (χ1) is 9.54. The third-order valence-corrected chi connectivity index (χ3v) is 3.45. The lowest BCUT2D eigenvalue weighted by Gasteiger charge is -2.06. The minimum absolute atomic E-state index is 0.0784. The van der Waals surface area contributed by atoms with Crippen LogP contribution in [0.2, 0.25) is 0 Å².